The zero-order valence-electron chi connectivity index (χ0n) is 11.5. The SMILES string of the molecule is C[C@@H](NCc1cncc2ccccc12)c1cccnc1. The molecule has 2 aromatic heterocycles. The Kier molecular flexibility index (Phi) is 3.70. The minimum absolute atomic E-state index is 0.266. The summed E-state index contributed by atoms with van der Waals surface area (Å²) in [5.41, 5.74) is 2.42. The van der Waals surface area contributed by atoms with E-state index >= 15 is 0 Å². The Hall–Kier alpha value is -2.26. The molecule has 0 amide bonds. The minimum atomic E-state index is 0.266. The monoisotopic (exact) mass is 263 g/mol. The van der Waals surface area contributed by atoms with E-state index in [1.54, 1.807) is 6.20 Å². The average Bonchev–Trinajstić information content (AvgIpc) is 2.53. The normalized spacial score (nSPS) is 12.4. The van der Waals surface area contributed by atoms with Crippen molar-refractivity contribution in [3.63, 3.8) is 0 Å². The molecule has 0 aliphatic rings. The van der Waals surface area contributed by atoms with E-state index in [4.69, 9.17) is 0 Å². The van der Waals surface area contributed by atoms with Gasteiger partial charge in [0.2, 0.25) is 0 Å². The lowest BCUT2D eigenvalue weighted by Gasteiger charge is -2.14. The van der Waals surface area contributed by atoms with Gasteiger partial charge in [0, 0.05) is 42.8 Å². The topological polar surface area (TPSA) is 37.8 Å². The molecule has 0 bridgehead atoms. The van der Waals surface area contributed by atoms with Gasteiger partial charge in [0.05, 0.1) is 0 Å². The highest BCUT2D eigenvalue weighted by Gasteiger charge is 2.06. The van der Waals surface area contributed by atoms with Crippen molar-refractivity contribution in [3.05, 3.63) is 72.3 Å². The van der Waals surface area contributed by atoms with Crippen molar-refractivity contribution in [2.24, 2.45) is 0 Å². The van der Waals surface area contributed by atoms with Crippen LogP contribution in [-0.4, -0.2) is 9.97 Å². The van der Waals surface area contributed by atoms with Gasteiger partial charge in [0.15, 0.2) is 0 Å². The van der Waals surface area contributed by atoms with Crippen LogP contribution in [0.1, 0.15) is 24.1 Å². The standard InChI is InChI=1S/C17H17N3/c1-13(14-6-4-8-18-9-14)20-12-16-11-19-10-15-5-2-3-7-17(15)16/h2-11,13,20H,12H2,1H3/t13-/m1/s1. The van der Waals surface area contributed by atoms with Gasteiger partial charge in [-0.1, -0.05) is 30.3 Å². The fraction of sp³-hybridized carbons (Fsp3) is 0.176. The highest BCUT2D eigenvalue weighted by atomic mass is 14.9. The summed E-state index contributed by atoms with van der Waals surface area (Å²) in [6.07, 6.45) is 7.54. The molecule has 0 unspecified atom stereocenters. The first-order valence-electron chi connectivity index (χ1n) is 6.79. The highest BCUT2D eigenvalue weighted by molar-refractivity contribution is 5.84. The second-order valence-corrected chi connectivity index (χ2v) is 4.91. The Bertz CT molecular complexity index is 689. The lowest BCUT2D eigenvalue weighted by Crippen LogP contribution is -2.18. The predicted octanol–water partition coefficient (Wildman–Crippen LogP) is 3.48. The van der Waals surface area contributed by atoms with Gasteiger partial charge in [-0.3, -0.25) is 9.97 Å². The molecule has 0 saturated carbocycles. The smallest absolute Gasteiger partial charge is 0.0346 e. The van der Waals surface area contributed by atoms with Gasteiger partial charge in [-0.15, -0.1) is 0 Å². The fourth-order valence-electron chi connectivity index (χ4n) is 2.33. The van der Waals surface area contributed by atoms with Crippen molar-refractivity contribution in [2.45, 2.75) is 19.5 Å². The third-order valence-corrected chi connectivity index (χ3v) is 3.53. The van der Waals surface area contributed by atoms with Gasteiger partial charge in [-0.2, -0.15) is 0 Å². The molecule has 0 saturated heterocycles. The minimum Gasteiger partial charge on any atom is -0.306 e. The van der Waals surface area contributed by atoms with Crippen LogP contribution < -0.4 is 5.32 Å². The molecule has 3 rings (SSSR count). The van der Waals surface area contributed by atoms with Gasteiger partial charge in [0.1, 0.15) is 0 Å². The Balaban J connectivity index is 1.77. The van der Waals surface area contributed by atoms with Crippen LogP contribution in [0.25, 0.3) is 10.8 Å². The maximum atomic E-state index is 4.31. The lowest BCUT2D eigenvalue weighted by atomic mass is 10.1. The molecule has 0 spiro atoms. The van der Waals surface area contributed by atoms with Crippen molar-refractivity contribution in [1.29, 1.82) is 0 Å². The van der Waals surface area contributed by atoms with Crippen LogP contribution in [0.4, 0.5) is 0 Å². The van der Waals surface area contributed by atoms with E-state index < -0.39 is 0 Å². The van der Waals surface area contributed by atoms with Crippen LogP contribution in [0.15, 0.2) is 61.2 Å². The molecule has 100 valence electrons. The summed E-state index contributed by atoms with van der Waals surface area (Å²) in [5.74, 6) is 0. The zero-order chi connectivity index (χ0) is 13.8. The Morgan fingerprint density at radius 2 is 1.90 bits per heavy atom. The number of rotatable bonds is 4. The molecular formula is C17H17N3. The molecule has 2 heterocycles. The maximum Gasteiger partial charge on any atom is 0.0346 e. The largest absolute Gasteiger partial charge is 0.306 e. The molecule has 3 heteroatoms. The highest BCUT2D eigenvalue weighted by Crippen LogP contribution is 2.18. The van der Waals surface area contributed by atoms with E-state index in [9.17, 15) is 0 Å². The molecule has 0 fully saturated rings. The number of aromatic nitrogens is 2. The summed E-state index contributed by atoms with van der Waals surface area (Å²) in [6, 6.07) is 12.7. The summed E-state index contributed by atoms with van der Waals surface area (Å²) >= 11 is 0. The maximum absolute atomic E-state index is 4.31. The van der Waals surface area contributed by atoms with Crippen LogP contribution in [0.2, 0.25) is 0 Å². The predicted molar refractivity (Wildman–Crippen MR) is 81.2 cm³/mol. The van der Waals surface area contributed by atoms with Crippen molar-refractivity contribution < 1.29 is 0 Å². The zero-order valence-corrected chi connectivity index (χ0v) is 11.5. The second-order valence-electron chi connectivity index (χ2n) is 4.91. The number of nitrogens with zero attached hydrogens (tertiary/aromatic N) is 2. The Morgan fingerprint density at radius 3 is 2.75 bits per heavy atom. The van der Waals surface area contributed by atoms with Crippen LogP contribution in [0.3, 0.4) is 0 Å². The fourth-order valence-corrected chi connectivity index (χ4v) is 2.33. The summed E-state index contributed by atoms with van der Waals surface area (Å²) < 4.78 is 0. The van der Waals surface area contributed by atoms with Gasteiger partial charge < -0.3 is 5.32 Å². The number of hydrogen-bond donors (Lipinski definition) is 1. The van der Waals surface area contributed by atoms with Crippen molar-refractivity contribution in [1.82, 2.24) is 15.3 Å². The van der Waals surface area contributed by atoms with Crippen LogP contribution >= 0.6 is 0 Å². The number of fused-ring (bicyclic) bond motifs is 1. The molecule has 1 atom stereocenters. The molecule has 1 N–H and O–H groups in total. The lowest BCUT2D eigenvalue weighted by molar-refractivity contribution is 0.574. The number of hydrogen-bond acceptors (Lipinski definition) is 3. The van der Waals surface area contributed by atoms with E-state index in [1.165, 1.54) is 21.9 Å². The quantitative estimate of drug-likeness (QED) is 0.783. The summed E-state index contributed by atoms with van der Waals surface area (Å²) in [5, 5.41) is 5.97. The van der Waals surface area contributed by atoms with E-state index in [2.05, 4.69) is 46.5 Å². The van der Waals surface area contributed by atoms with Crippen LogP contribution in [0.5, 0.6) is 0 Å². The number of nitrogens with one attached hydrogen (secondary N) is 1. The van der Waals surface area contributed by atoms with Crippen LogP contribution in [-0.2, 0) is 6.54 Å². The Morgan fingerprint density at radius 1 is 1.00 bits per heavy atom. The molecule has 20 heavy (non-hydrogen) atoms. The summed E-state index contributed by atoms with van der Waals surface area (Å²) in [7, 11) is 0. The van der Waals surface area contributed by atoms with Crippen LogP contribution in [0, 0.1) is 0 Å². The second kappa shape index (κ2) is 5.80. The van der Waals surface area contributed by atoms with E-state index in [1.807, 2.05) is 30.7 Å². The van der Waals surface area contributed by atoms with Gasteiger partial charge in [-0.05, 0) is 29.5 Å². The summed E-state index contributed by atoms with van der Waals surface area (Å²) in [6.45, 7) is 2.94. The van der Waals surface area contributed by atoms with E-state index in [-0.39, 0.29) is 6.04 Å². The number of benzene rings is 1. The third kappa shape index (κ3) is 2.68. The van der Waals surface area contributed by atoms with Gasteiger partial charge in [-0.25, -0.2) is 0 Å². The molecule has 0 aliphatic carbocycles. The van der Waals surface area contributed by atoms with Crippen molar-refractivity contribution in [2.75, 3.05) is 0 Å². The molecule has 3 aromatic rings. The summed E-state index contributed by atoms with van der Waals surface area (Å²) in [4.78, 5) is 8.47. The molecule has 0 aliphatic heterocycles. The van der Waals surface area contributed by atoms with E-state index in [0.29, 0.717) is 0 Å². The van der Waals surface area contributed by atoms with Crippen molar-refractivity contribution in [3.8, 4) is 0 Å². The Labute approximate surface area is 118 Å². The van der Waals surface area contributed by atoms with Gasteiger partial charge >= 0.3 is 0 Å². The molecule has 3 nitrogen and oxygen atoms in total. The van der Waals surface area contributed by atoms with E-state index in [0.717, 1.165) is 6.54 Å². The molecular weight excluding hydrogens is 246 g/mol. The molecule has 1 aromatic carbocycles. The first-order chi connectivity index (χ1) is 9.84. The number of pyridine rings is 2. The third-order valence-electron chi connectivity index (χ3n) is 3.53. The first kappa shape index (κ1) is 12.8. The molecule has 0 radical (unpaired) electrons. The van der Waals surface area contributed by atoms with Crippen molar-refractivity contribution >= 4 is 10.8 Å². The van der Waals surface area contributed by atoms with Gasteiger partial charge in [0.25, 0.3) is 0 Å². The average molecular weight is 263 g/mol. The first-order valence-corrected chi connectivity index (χ1v) is 6.79.